The Morgan fingerprint density at radius 2 is 0.894 bits per heavy atom. The van der Waals surface area contributed by atoms with E-state index in [0.29, 0.717) is 17.5 Å². The minimum atomic E-state index is 0.629. The van der Waals surface area contributed by atoms with Crippen molar-refractivity contribution in [1.29, 1.82) is 0 Å². The van der Waals surface area contributed by atoms with E-state index < -0.39 is 0 Å². The lowest BCUT2D eigenvalue weighted by Gasteiger charge is -2.12. The van der Waals surface area contributed by atoms with Gasteiger partial charge in [0.15, 0.2) is 17.5 Å². The van der Waals surface area contributed by atoms with E-state index in [2.05, 4.69) is 97.1 Å². The van der Waals surface area contributed by atoms with E-state index in [0.717, 1.165) is 50.0 Å². The van der Waals surface area contributed by atoms with E-state index in [1.165, 1.54) is 20.2 Å². The predicted molar refractivity (Wildman–Crippen MR) is 195 cm³/mol. The first-order valence-electron chi connectivity index (χ1n) is 15.6. The second kappa shape index (κ2) is 11.4. The maximum absolute atomic E-state index is 5.45. The number of para-hydroxylation sites is 1. The molecule has 47 heavy (non-hydrogen) atoms. The average molecular weight is 619 g/mol. The molecule has 9 rings (SSSR count). The van der Waals surface area contributed by atoms with Crippen molar-refractivity contribution in [2.75, 3.05) is 0 Å². The Balaban J connectivity index is 1.26. The van der Waals surface area contributed by atoms with Crippen molar-refractivity contribution < 1.29 is 0 Å². The van der Waals surface area contributed by atoms with Crippen LogP contribution in [-0.2, 0) is 0 Å². The first kappa shape index (κ1) is 27.3. The molecule has 220 valence electrons. The minimum absolute atomic E-state index is 0.629. The summed E-state index contributed by atoms with van der Waals surface area (Å²) < 4.78 is 2.52. The Morgan fingerprint density at radius 1 is 0.383 bits per heavy atom. The van der Waals surface area contributed by atoms with E-state index in [1.807, 2.05) is 72.0 Å². The molecule has 0 atom stereocenters. The van der Waals surface area contributed by atoms with Crippen molar-refractivity contribution in [2.24, 2.45) is 0 Å². The standard InChI is InChI=1S/C42H26N4S/c1-4-14-27(15-5-1)37-36-33-22-10-11-25-35(33)47-39(36)34-24-13-23-32(38(34)43-37)30-20-12-21-31(26-30)42-45-40(28-16-6-2-7-17-28)44-41(46-42)29-18-8-3-9-19-29/h1-26H. The van der Waals surface area contributed by atoms with E-state index in [-0.39, 0.29) is 0 Å². The highest BCUT2D eigenvalue weighted by molar-refractivity contribution is 7.26. The molecule has 0 aliphatic heterocycles. The fourth-order valence-electron chi connectivity index (χ4n) is 6.29. The molecule has 0 spiro atoms. The molecule has 0 N–H and O–H groups in total. The molecule has 0 bridgehead atoms. The van der Waals surface area contributed by atoms with Crippen LogP contribution in [0.4, 0.5) is 0 Å². The number of benzene rings is 6. The van der Waals surface area contributed by atoms with Crippen LogP contribution in [-0.4, -0.2) is 19.9 Å². The maximum Gasteiger partial charge on any atom is 0.164 e. The first-order valence-corrected chi connectivity index (χ1v) is 16.4. The van der Waals surface area contributed by atoms with Crippen molar-refractivity contribution in [3.05, 3.63) is 158 Å². The van der Waals surface area contributed by atoms with Crippen LogP contribution >= 0.6 is 11.3 Å². The summed E-state index contributed by atoms with van der Waals surface area (Å²) in [6.07, 6.45) is 0. The highest BCUT2D eigenvalue weighted by atomic mass is 32.1. The number of rotatable bonds is 5. The van der Waals surface area contributed by atoms with Gasteiger partial charge in [-0.3, -0.25) is 0 Å². The molecule has 0 aliphatic rings. The van der Waals surface area contributed by atoms with Gasteiger partial charge in [-0.25, -0.2) is 19.9 Å². The molecule has 3 heterocycles. The molecule has 0 aliphatic carbocycles. The molecule has 0 fully saturated rings. The molecule has 0 amide bonds. The third-order valence-corrected chi connectivity index (χ3v) is 9.72. The van der Waals surface area contributed by atoms with Crippen molar-refractivity contribution >= 4 is 42.4 Å². The summed E-state index contributed by atoms with van der Waals surface area (Å²) in [6, 6.07) is 54.3. The van der Waals surface area contributed by atoms with Gasteiger partial charge < -0.3 is 0 Å². The number of nitrogens with zero attached hydrogens (tertiary/aromatic N) is 4. The number of hydrogen-bond donors (Lipinski definition) is 0. The van der Waals surface area contributed by atoms with Crippen LogP contribution in [0.3, 0.4) is 0 Å². The van der Waals surface area contributed by atoms with Crippen molar-refractivity contribution in [1.82, 2.24) is 19.9 Å². The Hall–Kier alpha value is -6.04. The summed E-state index contributed by atoms with van der Waals surface area (Å²) in [5, 5.41) is 3.61. The Morgan fingerprint density at radius 3 is 1.57 bits per heavy atom. The third kappa shape index (κ3) is 4.85. The van der Waals surface area contributed by atoms with Crippen LogP contribution in [0.5, 0.6) is 0 Å². The average Bonchev–Trinajstić information content (AvgIpc) is 3.55. The van der Waals surface area contributed by atoms with Crippen molar-refractivity contribution in [3.8, 4) is 56.5 Å². The summed E-state index contributed by atoms with van der Waals surface area (Å²) in [5.41, 5.74) is 8.04. The zero-order valence-corrected chi connectivity index (χ0v) is 26.0. The molecular weight excluding hydrogens is 593 g/mol. The fraction of sp³-hybridized carbons (Fsp3) is 0. The molecule has 4 nitrogen and oxygen atoms in total. The van der Waals surface area contributed by atoms with Gasteiger partial charge in [-0.2, -0.15) is 0 Å². The summed E-state index contributed by atoms with van der Waals surface area (Å²) >= 11 is 1.84. The number of thiophene rings is 1. The predicted octanol–water partition coefficient (Wildman–Crippen LogP) is 11.1. The zero-order valence-electron chi connectivity index (χ0n) is 25.2. The Bertz CT molecular complexity index is 2500. The highest BCUT2D eigenvalue weighted by Crippen LogP contribution is 2.44. The molecular formula is C42H26N4S. The molecule has 3 aromatic heterocycles. The monoisotopic (exact) mass is 618 g/mol. The molecule has 0 radical (unpaired) electrons. The number of pyridine rings is 1. The van der Waals surface area contributed by atoms with Gasteiger partial charge >= 0.3 is 0 Å². The Labute approximate surface area is 275 Å². The van der Waals surface area contributed by atoms with Crippen LogP contribution in [0.25, 0.3) is 87.6 Å². The lowest BCUT2D eigenvalue weighted by atomic mass is 9.97. The van der Waals surface area contributed by atoms with Crippen LogP contribution in [0.1, 0.15) is 0 Å². The van der Waals surface area contributed by atoms with Gasteiger partial charge in [0.2, 0.25) is 0 Å². The summed E-state index contributed by atoms with van der Waals surface area (Å²) in [7, 11) is 0. The van der Waals surface area contributed by atoms with Gasteiger partial charge in [0.1, 0.15) is 0 Å². The number of fused-ring (bicyclic) bond motifs is 5. The van der Waals surface area contributed by atoms with E-state index in [1.54, 1.807) is 0 Å². The summed E-state index contributed by atoms with van der Waals surface area (Å²) in [6.45, 7) is 0. The van der Waals surface area contributed by atoms with E-state index in [9.17, 15) is 0 Å². The van der Waals surface area contributed by atoms with E-state index in [4.69, 9.17) is 19.9 Å². The summed E-state index contributed by atoms with van der Waals surface area (Å²) in [4.78, 5) is 20.3. The maximum atomic E-state index is 5.45. The number of aromatic nitrogens is 4. The normalized spacial score (nSPS) is 11.4. The van der Waals surface area contributed by atoms with E-state index >= 15 is 0 Å². The van der Waals surface area contributed by atoms with Crippen LogP contribution in [0.15, 0.2) is 158 Å². The quantitative estimate of drug-likeness (QED) is 0.193. The highest BCUT2D eigenvalue weighted by Gasteiger charge is 2.19. The second-order valence-electron chi connectivity index (χ2n) is 11.4. The molecule has 0 saturated carbocycles. The van der Waals surface area contributed by atoms with Crippen LogP contribution < -0.4 is 0 Å². The lowest BCUT2D eigenvalue weighted by Crippen LogP contribution is -2.00. The van der Waals surface area contributed by atoms with Gasteiger partial charge in [-0.15, -0.1) is 11.3 Å². The third-order valence-electron chi connectivity index (χ3n) is 8.51. The van der Waals surface area contributed by atoms with Crippen molar-refractivity contribution in [2.45, 2.75) is 0 Å². The minimum Gasteiger partial charge on any atom is -0.246 e. The van der Waals surface area contributed by atoms with Gasteiger partial charge in [-0.05, 0) is 17.7 Å². The van der Waals surface area contributed by atoms with Gasteiger partial charge in [0.25, 0.3) is 0 Å². The molecule has 9 aromatic rings. The zero-order chi connectivity index (χ0) is 31.2. The fourth-order valence-corrected chi connectivity index (χ4v) is 7.52. The van der Waals surface area contributed by atoms with Crippen LogP contribution in [0, 0.1) is 0 Å². The van der Waals surface area contributed by atoms with Gasteiger partial charge in [0.05, 0.1) is 11.2 Å². The SMILES string of the molecule is c1ccc(-c2nc(-c3ccccc3)nc(-c3cccc(-c4cccc5c4nc(-c4ccccc4)c4c6ccccc6sc54)c3)n2)cc1. The first-order chi connectivity index (χ1) is 23.3. The molecule has 0 unspecified atom stereocenters. The lowest BCUT2D eigenvalue weighted by molar-refractivity contribution is 1.07. The Kier molecular flexibility index (Phi) is 6.61. The second-order valence-corrected chi connectivity index (χ2v) is 12.5. The number of hydrogen-bond acceptors (Lipinski definition) is 5. The van der Waals surface area contributed by atoms with Crippen molar-refractivity contribution in [3.63, 3.8) is 0 Å². The smallest absolute Gasteiger partial charge is 0.164 e. The summed E-state index contributed by atoms with van der Waals surface area (Å²) in [5.74, 6) is 1.92. The topological polar surface area (TPSA) is 51.6 Å². The van der Waals surface area contributed by atoms with Gasteiger partial charge in [-0.1, -0.05) is 146 Å². The molecule has 6 aromatic carbocycles. The largest absolute Gasteiger partial charge is 0.246 e. The van der Waals surface area contributed by atoms with Gasteiger partial charge in [0, 0.05) is 53.4 Å². The van der Waals surface area contributed by atoms with Crippen LogP contribution in [0.2, 0.25) is 0 Å². The molecule has 0 saturated heterocycles. The molecule has 5 heteroatoms.